The molecule has 0 spiro atoms. The van der Waals surface area contributed by atoms with Crippen LogP contribution in [0.25, 0.3) is 0 Å². The van der Waals surface area contributed by atoms with Gasteiger partial charge in [-0.2, -0.15) is 0 Å². The number of unbranched alkanes of at least 4 members (excludes halogenated alkanes) is 1. The number of aryl methyl sites for hydroxylation is 1. The highest BCUT2D eigenvalue weighted by molar-refractivity contribution is 7.99. The summed E-state index contributed by atoms with van der Waals surface area (Å²) in [5.41, 5.74) is 2.30. The first-order valence-corrected chi connectivity index (χ1v) is 9.97. The first-order valence-electron chi connectivity index (χ1n) is 8.98. The van der Waals surface area contributed by atoms with Crippen molar-refractivity contribution in [2.24, 2.45) is 5.92 Å². The molecule has 1 N–H and O–H groups in total. The molecule has 0 radical (unpaired) electrons. The van der Waals surface area contributed by atoms with E-state index < -0.39 is 0 Å². The van der Waals surface area contributed by atoms with Gasteiger partial charge in [0.05, 0.1) is 11.4 Å². The molecule has 4 nitrogen and oxygen atoms in total. The van der Waals surface area contributed by atoms with E-state index >= 15 is 0 Å². The number of amides is 1. The second-order valence-corrected chi connectivity index (χ2v) is 7.74. The molecule has 1 aromatic rings. The molecule has 1 heterocycles. The zero-order valence-corrected chi connectivity index (χ0v) is 15.8. The molecule has 2 atom stereocenters. The highest BCUT2D eigenvalue weighted by Crippen LogP contribution is 2.25. The van der Waals surface area contributed by atoms with Gasteiger partial charge in [-0.3, -0.25) is 4.79 Å². The number of aromatic nitrogens is 2. The van der Waals surface area contributed by atoms with Gasteiger partial charge >= 0.3 is 0 Å². The summed E-state index contributed by atoms with van der Waals surface area (Å²) in [6.07, 6.45) is 7.22. The molecule has 1 aromatic heterocycles. The molecule has 1 saturated carbocycles. The molecule has 2 rings (SSSR count). The summed E-state index contributed by atoms with van der Waals surface area (Å²) in [7, 11) is 0. The fourth-order valence-electron chi connectivity index (χ4n) is 3.22. The molecule has 130 valence electrons. The maximum absolute atomic E-state index is 12.3. The second kappa shape index (κ2) is 8.76. The molecule has 0 bridgehead atoms. The van der Waals surface area contributed by atoms with Crippen molar-refractivity contribution in [1.82, 2.24) is 14.9 Å². The molecule has 1 amide bonds. The van der Waals surface area contributed by atoms with Crippen LogP contribution in [0.2, 0.25) is 0 Å². The average Bonchev–Trinajstić information content (AvgIpc) is 2.80. The van der Waals surface area contributed by atoms with Gasteiger partial charge in [0.15, 0.2) is 5.16 Å². The molecule has 0 aromatic carbocycles. The Hall–Kier alpha value is -0.970. The van der Waals surface area contributed by atoms with Crippen LogP contribution in [-0.4, -0.2) is 27.3 Å². The summed E-state index contributed by atoms with van der Waals surface area (Å²) < 4.78 is 2.26. The minimum Gasteiger partial charge on any atom is -0.352 e. The maximum Gasteiger partial charge on any atom is 0.230 e. The van der Waals surface area contributed by atoms with Crippen molar-refractivity contribution in [3.63, 3.8) is 0 Å². The van der Waals surface area contributed by atoms with E-state index in [1.54, 1.807) is 11.8 Å². The Kier molecular flexibility index (Phi) is 7.00. The lowest BCUT2D eigenvalue weighted by molar-refractivity contribution is -0.119. The topological polar surface area (TPSA) is 46.9 Å². The molecular weight excluding hydrogens is 306 g/mol. The van der Waals surface area contributed by atoms with Crippen LogP contribution < -0.4 is 5.32 Å². The lowest BCUT2D eigenvalue weighted by Gasteiger charge is -2.29. The lowest BCUT2D eigenvalue weighted by Crippen LogP contribution is -2.41. The summed E-state index contributed by atoms with van der Waals surface area (Å²) in [6.45, 7) is 9.61. The van der Waals surface area contributed by atoms with E-state index in [0.717, 1.165) is 30.2 Å². The first-order chi connectivity index (χ1) is 11.0. The first kappa shape index (κ1) is 18.4. The Morgan fingerprint density at radius 3 is 2.78 bits per heavy atom. The van der Waals surface area contributed by atoms with Crippen LogP contribution in [0, 0.1) is 19.8 Å². The Labute approximate surface area is 144 Å². The Balaban J connectivity index is 1.89. The summed E-state index contributed by atoms with van der Waals surface area (Å²) in [5.74, 6) is 1.22. The number of nitrogens with one attached hydrogen (secondary N) is 1. The summed E-state index contributed by atoms with van der Waals surface area (Å²) in [5, 5.41) is 4.21. The van der Waals surface area contributed by atoms with Gasteiger partial charge in [-0.25, -0.2) is 4.98 Å². The van der Waals surface area contributed by atoms with E-state index in [1.807, 2.05) is 6.92 Å². The van der Waals surface area contributed by atoms with E-state index in [-0.39, 0.29) is 5.91 Å². The monoisotopic (exact) mass is 337 g/mol. The van der Waals surface area contributed by atoms with E-state index in [4.69, 9.17) is 0 Å². The number of rotatable bonds is 7. The molecule has 1 aliphatic carbocycles. The normalized spacial score (nSPS) is 21.4. The SMILES string of the molecule is CCCCn1c(SCC(=O)NC2CCCCC2C)nc(C)c1C. The number of carbonyl (C=O) groups is 1. The van der Waals surface area contributed by atoms with Gasteiger partial charge in [-0.15, -0.1) is 0 Å². The fraction of sp³-hybridized carbons (Fsp3) is 0.778. The molecule has 1 aliphatic rings. The van der Waals surface area contributed by atoms with Crippen LogP contribution >= 0.6 is 11.8 Å². The number of nitrogens with zero attached hydrogens (tertiary/aromatic N) is 2. The second-order valence-electron chi connectivity index (χ2n) is 6.79. The fourth-order valence-corrected chi connectivity index (χ4v) is 4.15. The summed E-state index contributed by atoms with van der Waals surface area (Å²) >= 11 is 1.57. The van der Waals surface area contributed by atoms with Gasteiger partial charge in [-0.05, 0) is 39.0 Å². The van der Waals surface area contributed by atoms with Gasteiger partial charge in [0.25, 0.3) is 0 Å². The van der Waals surface area contributed by atoms with Gasteiger partial charge in [-0.1, -0.05) is 44.9 Å². The van der Waals surface area contributed by atoms with Crippen molar-refractivity contribution in [2.45, 2.75) is 84.0 Å². The van der Waals surface area contributed by atoms with Gasteiger partial charge in [0.2, 0.25) is 5.91 Å². The third kappa shape index (κ3) is 5.00. The van der Waals surface area contributed by atoms with E-state index in [9.17, 15) is 4.79 Å². The van der Waals surface area contributed by atoms with Crippen molar-refractivity contribution >= 4 is 17.7 Å². The highest BCUT2D eigenvalue weighted by Gasteiger charge is 2.23. The van der Waals surface area contributed by atoms with Gasteiger partial charge < -0.3 is 9.88 Å². The van der Waals surface area contributed by atoms with Crippen LogP contribution in [0.3, 0.4) is 0 Å². The van der Waals surface area contributed by atoms with Crippen molar-refractivity contribution in [3.8, 4) is 0 Å². The van der Waals surface area contributed by atoms with Gasteiger partial charge in [0.1, 0.15) is 0 Å². The molecule has 1 fully saturated rings. The van der Waals surface area contributed by atoms with Crippen LogP contribution in [-0.2, 0) is 11.3 Å². The highest BCUT2D eigenvalue weighted by atomic mass is 32.2. The quantitative estimate of drug-likeness (QED) is 0.762. The molecule has 0 aliphatic heterocycles. The maximum atomic E-state index is 12.3. The summed E-state index contributed by atoms with van der Waals surface area (Å²) in [4.78, 5) is 16.9. The number of carbonyl (C=O) groups excluding carboxylic acids is 1. The van der Waals surface area contributed by atoms with Crippen molar-refractivity contribution < 1.29 is 4.79 Å². The molecular formula is C18H31N3OS. The largest absolute Gasteiger partial charge is 0.352 e. The predicted octanol–water partition coefficient (Wildman–Crippen LogP) is 4.09. The number of thioether (sulfide) groups is 1. The third-order valence-corrected chi connectivity index (χ3v) is 5.92. The Morgan fingerprint density at radius 1 is 1.35 bits per heavy atom. The van der Waals surface area contributed by atoms with Crippen molar-refractivity contribution in [3.05, 3.63) is 11.4 Å². The van der Waals surface area contributed by atoms with Crippen LogP contribution in [0.1, 0.15) is 63.8 Å². The molecule has 5 heteroatoms. The van der Waals surface area contributed by atoms with Gasteiger partial charge in [0, 0.05) is 18.3 Å². The predicted molar refractivity (Wildman–Crippen MR) is 96.9 cm³/mol. The Bertz CT molecular complexity index is 527. The Morgan fingerprint density at radius 2 is 2.09 bits per heavy atom. The molecule has 2 unspecified atom stereocenters. The average molecular weight is 338 g/mol. The minimum atomic E-state index is 0.147. The zero-order chi connectivity index (χ0) is 16.8. The van der Waals surface area contributed by atoms with E-state index in [0.29, 0.717) is 17.7 Å². The third-order valence-electron chi connectivity index (χ3n) is 4.95. The molecule has 23 heavy (non-hydrogen) atoms. The standard InChI is InChI=1S/C18H31N3OS/c1-5-6-11-21-15(4)14(3)19-18(21)23-12-17(22)20-16-10-8-7-9-13(16)2/h13,16H,5-12H2,1-4H3,(H,20,22). The van der Waals surface area contributed by atoms with Crippen LogP contribution in [0.4, 0.5) is 0 Å². The minimum absolute atomic E-state index is 0.147. The van der Waals surface area contributed by atoms with Crippen molar-refractivity contribution in [2.75, 3.05) is 5.75 Å². The van der Waals surface area contributed by atoms with Crippen LogP contribution in [0.5, 0.6) is 0 Å². The van der Waals surface area contributed by atoms with E-state index in [2.05, 4.69) is 35.6 Å². The van der Waals surface area contributed by atoms with Crippen molar-refractivity contribution in [1.29, 1.82) is 0 Å². The smallest absolute Gasteiger partial charge is 0.230 e. The van der Waals surface area contributed by atoms with Crippen LogP contribution in [0.15, 0.2) is 5.16 Å². The zero-order valence-electron chi connectivity index (χ0n) is 15.0. The number of hydrogen-bond acceptors (Lipinski definition) is 3. The summed E-state index contributed by atoms with van der Waals surface area (Å²) in [6, 6.07) is 0.361. The van der Waals surface area contributed by atoms with E-state index in [1.165, 1.54) is 31.4 Å². The molecule has 0 saturated heterocycles. The number of hydrogen-bond donors (Lipinski definition) is 1. The lowest BCUT2D eigenvalue weighted by atomic mass is 9.86. The number of imidazole rings is 1.